The number of hydrogen-bond donors (Lipinski definition) is 9. The second kappa shape index (κ2) is 43.6. The van der Waals surface area contributed by atoms with Gasteiger partial charge in [0.25, 0.3) is 29.5 Å². The van der Waals surface area contributed by atoms with E-state index in [2.05, 4.69) is 69.5 Å². The quantitative estimate of drug-likeness (QED) is 0.0177. The number of amides is 5. The fraction of sp³-hybridized carbons (Fsp3) is 0.436. The van der Waals surface area contributed by atoms with Gasteiger partial charge < -0.3 is 55.9 Å². The Morgan fingerprint density at radius 3 is 1.20 bits per heavy atom. The van der Waals surface area contributed by atoms with Crippen LogP contribution in [0.2, 0.25) is 30.1 Å². The molecule has 2 fully saturated rings. The number of sulfonamides is 3. The van der Waals surface area contributed by atoms with Crippen molar-refractivity contribution in [2.75, 3.05) is 99.7 Å². The summed E-state index contributed by atoms with van der Waals surface area (Å²) >= 11 is 38.2. The number of nitrogens with one attached hydrogen (secondary N) is 4. The summed E-state index contributed by atoms with van der Waals surface area (Å²) in [6.07, 6.45) is -9.83. The predicted molar refractivity (Wildman–Crippen MR) is 442 cm³/mol. The molecule has 2 saturated heterocycles. The lowest BCUT2D eigenvalue weighted by molar-refractivity contribution is -0.207. The molecule has 0 radical (unpaired) electrons. The number of carbonyl (C=O) groups excluding carboxylic acids is 8. The molecule has 5 amide bonds. The van der Waals surface area contributed by atoms with Crippen LogP contribution in [0, 0.1) is 0 Å². The van der Waals surface area contributed by atoms with E-state index in [9.17, 15) is 84.0 Å². The number of Topliss-reactive ketones (excluding diaryl/α,β-unsaturated/α-hetero) is 2. The van der Waals surface area contributed by atoms with Crippen LogP contribution in [0.15, 0.2) is 124 Å². The summed E-state index contributed by atoms with van der Waals surface area (Å²) < 4.78 is 85.1. The Morgan fingerprint density at radius 2 is 0.839 bits per heavy atom. The lowest BCUT2D eigenvalue weighted by Crippen LogP contribution is -2.47. The van der Waals surface area contributed by atoms with Gasteiger partial charge in [0.1, 0.15) is 12.7 Å². The number of ketones is 2. The van der Waals surface area contributed by atoms with Gasteiger partial charge in [0, 0.05) is 152 Å². The van der Waals surface area contributed by atoms with Crippen molar-refractivity contribution >= 4 is 147 Å². The number of aliphatic hydroxyl groups excluding tert-OH is 4. The van der Waals surface area contributed by atoms with E-state index in [4.69, 9.17) is 75.3 Å². The smallest absolute Gasteiger partial charge is 0.364 e. The highest BCUT2D eigenvalue weighted by atomic mass is 35.5. The Balaban J connectivity index is 0.000000244. The number of rotatable bonds is 31. The average molecular weight is 1820 g/mol. The van der Waals surface area contributed by atoms with Crippen LogP contribution in [0.3, 0.4) is 0 Å². The highest BCUT2D eigenvalue weighted by Gasteiger charge is 2.41. The molecule has 7 unspecified atom stereocenters. The highest BCUT2D eigenvalue weighted by Crippen LogP contribution is 2.42. The number of halogens is 6. The number of aliphatic hydroxyl groups is 4. The van der Waals surface area contributed by atoms with Crippen molar-refractivity contribution in [3.63, 3.8) is 0 Å². The highest BCUT2D eigenvalue weighted by molar-refractivity contribution is 7.90. The van der Waals surface area contributed by atoms with Crippen molar-refractivity contribution in [2.45, 2.75) is 136 Å². The molecular weight excluding hydrogens is 1720 g/mol. The number of benzene rings is 6. The monoisotopic (exact) mass is 1810 g/mol. The first-order valence-corrected chi connectivity index (χ1v) is 44.3. The molecule has 11 rings (SSSR count). The van der Waals surface area contributed by atoms with E-state index in [1.54, 1.807) is 60.7 Å². The zero-order chi connectivity index (χ0) is 86.8. The van der Waals surface area contributed by atoms with Crippen molar-refractivity contribution in [1.29, 1.82) is 0 Å². The van der Waals surface area contributed by atoms with Crippen LogP contribution in [0.1, 0.15) is 127 Å². The molecule has 0 aromatic heterocycles. The summed E-state index contributed by atoms with van der Waals surface area (Å²) in [5, 5.41) is 46.0. The fourth-order valence-corrected chi connectivity index (χ4v) is 18.7. The van der Waals surface area contributed by atoms with Gasteiger partial charge in [-0.3, -0.25) is 38.4 Å². The summed E-state index contributed by atoms with van der Waals surface area (Å²) in [5.74, 6) is -8.13. The standard InChI is InChI=1S/C41H45Cl4N5O8S2.C18H21Cl2N3O2S.C13H14N2O10.C6H15N/c1-49-20-32(30-16-26(42)18-36(44)34(30)22-49)24-6-3-8-28(14-24)59(55,56)47-11-5-10-38(51)39(52)40(53)41(54)46-12-13-48-60(57,58)29-9-4-7-25(15-29)33-21-50(2)23-35-31(33)17-27(43)19-37(35)45;1-23-10-16(15-8-13(19)9-18(20)17(15)11-23)12-3-2-4-14(7-12)26(24,25)22-6-5-21;16-6(5-24-14-7(17)1-2-8(14)18)11(21)12(22)13(23)25-15-9(19)3-4-10(15)20;1-4-7(5-2)6-3/h3-4,6-9,14-19,32-33,39-40,47-48,52-53H,5,10-13,20-23H2,1-2H3,(H,46,54);2-4,7-9,16,22H,5-6,10-11,21H2,1H3;11-12,21-22H,1-5H2;4-6H2,1-3H3. The van der Waals surface area contributed by atoms with Crippen LogP contribution in [-0.4, -0.2) is 247 Å². The lowest BCUT2D eigenvalue weighted by atomic mass is 9.85. The summed E-state index contributed by atoms with van der Waals surface area (Å²) in [6, 6.07) is 30.7. The number of likely N-dealkylation sites (N-methyl/N-ethyl adjacent to an activating group) is 3. The summed E-state index contributed by atoms with van der Waals surface area (Å²) in [5.41, 5.74) is 13.6. The number of nitrogens with zero attached hydrogens (tertiary/aromatic N) is 6. The molecule has 6 aromatic carbocycles. The normalized spacial score (nSPS) is 18.2. The van der Waals surface area contributed by atoms with Crippen LogP contribution in [0.5, 0.6) is 0 Å². The number of imide groups is 2. The molecule has 0 aliphatic carbocycles. The Labute approximate surface area is 715 Å². The van der Waals surface area contributed by atoms with Crippen LogP contribution in [0.4, 0.5) is 0 Å². The molecule has 0 bridgehead atoms. The zero-order valence-electron chi connectivity index (χ0n) is 65.4. The van der Waals surface area contributed by atoms with Crippen molar-refractivity contribution in [3.05, 3.63) is 189 Å². The molecular formula is C78H95Cl6N11O20S3. The first-order valence-electron chi connectivity index (χ1n) is 37.5. The van der Waals surface area contributed by atoms with Crippen LogP contribution in [-0.2, 0) is 97.7 Å². The number of fused-ring (bicyclic) bond motifs is 3. The molecule has 0 saturated carbocycles. The Hall–Kier alpha value is -7.05. The summed E-state index contributed by atoms with van der Waals surface area (Å²) in [7, 11) is -5.71. The van der Waals surface area contributed by atoms with Gasteiger partial charge in [0.15, 0.2) is 29.9 Å². The molecule has 642 valence electrons. The molecule has 40 heteroatoms. The zero-order valence-corrected chi connectivity index (χ0v) is 72.3. The van der Waals surface area contributed by atoms with Gasteiger partial charge in [-0.05, 0) is 170 Å². The van der Waals surface area contributed by atoms with Gasteiger partial charge in [-0.2, -0.15) is 5.06 Å². The molecule has 6 aromatic rings. The molecule has 0 spiro atoms. The Morgan fingerprint density at radius 1 is 0.483 bits per heavy atom. The SMILES string of the molecule is CCN(CC)CC.CN1Cc2c(Cl)cc(Cl)cc2C(c2cccc(S(=O)(=O)NCCCC(=O)C(O)C(O)C(=O)NCCNS(=O)(=O)c3cccc(C4CN(C)Cc5c(Cl)cc(Cl)cc54)c3)c2)C1.CN1Cc2c(Cl)cc(Cl)cc2C(c2cccc(S(=O)(=O)NCCN)c2)C1.O=C(CON1C(=O)CCC1=O)C(O)C(O)C(=O)ON1C(=O)CCC1=O. The fourth-order valence-electron chi connectivity index (χ4n) is 13.6. The van der Waals surface area contributed by atoms with E-state index in [0.717, 1.165) is 63.2 Å². The molecule has 5 aliphatic rings. The van der Waals surface area contributed by atoms with Crippen molar-refractivity contribution in [3.8, 4) is 0 Å². The van der Waals surface area contributed by atoms with Crippen molar-refractivity contribution in [2.24, 2.45) is 5.73 Å². The first kappa shape index (κ1) is 96.4. The maximum atomic E-state index is 13.2. The van der Waals surface area contributed by atoms with Crippen molar-refractivity contribution < 1.29 is 93.7 Å². The van der Waals surface area contributed by atoms with E-state index in [-0.39, 0.29) is 109 Å². The third-order valence-electron chi connectivity index (χ3n) is 19.9. The van der Waals surface area contributed by atoms with E-state index < -0.39 is 108 Å². The van der Waals surface area contributed by atoms with Crippen LogP contribution >= 0.6 is 69.6 Å². The number of nitrogens with two attached hydrogens (primary N) is 1. The number of carbonyl (C=O) groups is 8. The minimum absolute atomic E-state index is 0.00114. The van der Waals surface area contributed by atoms with Gasteiger partial charge in [-0.15, -0.1) is 5.06 Å². The van der Waals surface area contributed by atoms with E-state index >= 15 is 0 Å². The predicted octanol–water partition coefficient (Wildman–Crippen LogP) is 6.02. The average Bonchev–Trinajstić information content (AvgIpc) is 0.861. The lowest BCUT2D eigenvalue weighted by Gasteiger charge is -2.33. The minimum Gasteiger partial charge on any atom is -0.382 e. The van der Waals surface area contributed by atoms with Gasteiger partial charge in [0.05, 0.1) is 14.7 Å². The molecule has 7 atom stereocenters. The van der Waals surface area contributed by atoms with Gasteiger partial charge in [-0.25, -0.2) is 44.2 Å². The van der Waals surface area contributed by atoms with Crippen molar-refractivity contribution in [1.82, 2.24) is 49.2 Å². The Kier molecular flexibility index (Phi) is 35.6. The summed E-state index contributed by atoms with van der Waals surface area (Å²) in [6.45, 7) is 12.9. The van der Waals surface area contributed by atoms with E-state index in [1.165, 1.54) is 31.8 Å². The maximum absolute atomic E-state index is 13.2. The van der Waals surface area contributed by atoms with Gasteiger partial charge in [0.2, 0.25) is 30.1 Å². The molecule has 10 N–H and O–H groups in total. The van der Waals surface area contributed by atoms with E-state index in [1.807, 2.05) is 57.5 Å². The van der Waals surface area contributed by atoms with Gasteiger partial charge >= 0.3 is 5.97 Å². The Bertz CT molecular complexity index is 4830. The maximum Gasteiger partial charge on any atom is 0.364 e. The van der Waals surface area contributed by atoms with Crippen LogP contribution < -0.4 is 25.2 Å². The minimum atomic E-state index is -4.03. The third-order valence-corrected chi connectivity index (χ3v) is 25.9. The molecule has 31 nitrogen and oxygen atoms in total. The molecule has 5 aliphatic heterocycles. The van der Waals surface area contributed by atoms with Crippen LogP contribution in [0.25, 0.3) is 0 Å². The topological polar surface area (TPSA) is 432 Å². The van der Waals surface area contributed by atoms with E-state index in [0.29, 0.717) is 61.4 Å². The second-order valence-electron chi connectivity index (χ2n) is 28.4. The first-order chi connectivity index (χ1) is 55.7. The number of hydrogen-bond acceptors (Lipinski definition) is 25. The van der Waals surface area contributed by atoms with Gasteiger partial charge in [-0.1, -0.05) is 127 Å². The second-order valence-corrected chi connectivity index (χ2v) is 36.2. The third kappa shape index (κ3) is 25.5. The number of hydroxylamine groups is 4. The summed E-state index contributed by atoms with van der Waals surface area (Å²) in [4.78, 5) is 112. The molecule has 118 heavy (non-hydrogen) atoms. The largest absolute Gasteiger partial charge is 0.382 e. The molecule has 5 heterocycles.